The lowest BCUT2D eigenvalue weighted by Crippen LogP contribution is -2.39. The standard InChI is InChI=1S/C35H36FN5O5/c1-39(2)11-6-5-9-38-35(44)26-20-41-28-18-23-21-7-3-4-8-22(21)32(42)24(23)19-29(28)46-34-30(27(36)17-25(31(34)41)33(26)43)37-10-12-40-13-15-45-16-14-40/h3-4,7-8,17-20,37H,5-6,9-16H2,1-2H3,(H,38,44). The second kappa shape index (κ2) is 12.3. The summed E-state index contributed by atoms with van der Waals surface area (Å²) in [5, 5.41) is 8.70. The van der Waals surface area contributed by atoms with Gasteiger partial charge in [-0.3, -0.25) is 19.3 Å². The van der Waals surface area contributed by atoms with E-state index in [9.17, 15) is 14.4 Å². The minimum absolute atomic E-state index is 0.0362. The number of benzene rings is 3. The van der Waals surface area contributed by atoms with Crippen LogP contribution in [0.2, 0.25) is 0 Å². The molecule has 3 heterocycles. The van der Waals surface area contributed by atoms with E-state index in [0.29, 0.717) is 60.2 Å². The van der Waals surface area contributed by atoms with Gasteiger partial charge in [-0.1, -0.05) is 24.3 Å². The van der Waals surface area contributed by atoms with E-state index in [1.807, 2.05) is 38.4 Å². The Kier molecular flexibility index (Phi) is 8.06. The van der Waals surface area contributed by atoms with Gasteiger partial charge in [0.25, 0.3) is 5.91 Å². The highest BCUT2D eigenvalue weighted by Gasteiger charge is 2.24. The Morgan fingerprint density at radius 3 is 2.50 bits per heavy atom. The first kappa shape index (κ1) is 30.1. The number of rotatable bonds is 10. The molecule has 1 fully saturated rings. The minimum atomic E-state index is -0.664. The molecule has 46 heavy (non-hydrogen) atoms. The van der Waals surface area contributed by atoms with Gasteiger partial charge in [-0.15, -0.1) is 0 Å². The van der Waals surface area contributed by atoms with Crippen LogP contribution < -0.4 is 21.5 Å². The average Bonchev–Trinajstić information content (AvgIpc) is 3.33. The Labute approximate surface area is 263 Å². The van der Waals surface area contributed by atoms with E-state index in [1.54, 1.807) is 16.5 Å². The first-order valence-electron chi connectivity index (χ1n) is 15.7. The van der Waals surface area contributed by atoms with Gasteiger partial charge in [-0.25, -0.2) is 4.39 Å². The number of unbranched alkanes of at least 4 members (excludes halogenated alkanes) is 1. The number of fused-ring (bicyclic) bond motifs is 5. The molecule has 10 nitrogen and oxygen atoms in total. The van der Waals surface area contributed by atoms with Crippen molar-refractivity contribution in [1.29, 1.82) is 0 Å². The van der Waals surface area contributed by atoms with Crippen LogP contribution in [0.25, 0.3) is 49.1 Å². The number of carbonyl (C=O) groups excluding carboxylic acids is 1. The van der Waals surface area contributed by atoms with Gasteiger partial charge in [0.15, 0.2) is 22.4 Å². The molecule has 1 saturated heterocycles. The van der Waals surface area contributed by atoms with E-state index in [2.05, 4.69) is 20.4 Å². The van der Waals surface area contributed by atoms with Crippen molar-refractivity contribution in [3.63, 3.8) is 0 Å². The molecule has 0 atom stereocenters. The SMILES string of the molecule is CN(C)CCCCNC(=O)c1cn2c3cc4c(cc3oc3c(NCCN5CCOCC5)c(F)cc(c1=O)c32)c(=O)c1ccccc14. The Morgan fingerprint density at radius 2 is 1.72 bits per heavy atom. The fourth-order valence-electron chi connectivity index (χ4n) is 6.48. The molecular formula is C35H36FN5O5. The average molecular weight is 626 g/mol. The lowest BCUT2D eigenvalue weighted by molar-refractivity contribution is 0.0398. The zero-order chi connectivity index (χ0) is 31.9. The number of amides is 1. The summed E-state index contributed by atoms with van der Waals surface area (Å²) in [4.78, 5) is 44.8. The van der Waals surface area contributed by atoms with Gasteiger partial charge in [0.1, 0.15) is 16.8 Å². The summed E-state index contributed by atoms with van der Waals surface area (Å²) in [6, 6.07) is 12.1. The lowest BCUT2D eigenvalue weighted by atomic mass is 10.1. The summed E-state index contributed by atoms with van der Waals surface area (Å²) in [5.74, 6) is -1.19. The van der Waals surface area contributed by atoms with Crippen LogP contribution in [0.1, 0.15) is 23.2 Å². The van der Waals surface area contributed by atoms with Crippen molar-refractivity contribution in [2.45, 2.75) is 12.8 Å². The number of aromatic nitrogens is 1. The maximum atomic E-state index is 15.9. The minimum Gasteiger partial charge on any atom is -0.451 e. The van der Waals surface area contributed by atoms with Crippen molar-refractivity contribution in [3.05, 3.63) is 80.5 Å². The van der Waals surface area contributed by atoms with Gasteiger partial charge in [-0.2, -0.15) is 0 Å². The van der Waals surface area contributed by atoms with Crippen molar-refractivity contribution in [2.24, 2.45) is 0 Å². The second-order valence-corrected chi connectivity index (χ2v) is 12.2. The van der Waals surface area contributed by atoms with Crippen LogP contribution in [0.15, 0.2) is 62.7 Å². The number of nitrogens with one attached hydrogen (secondary N) is 2. The molecule has 2 N–H and O–H groups in total. The maximum Gasteiger partial charge on any atom is 0.256 e. The van der Waals surface area contributed by atoms with Gasteiger partial charge >= 0.3 is 0 Å². The number of morpholine rings is 1. The molecule has 0 aliphatic carbocycles. The van der Waals surface area contributed by atoms with E-state index < -0.39 is 17.2 Å². The second-order valence-electron chi connectivity index (χ2n) is 12.2. The number of nitrogens with zero attached hydrogens (tertiary/aromatic N) is 3. The number of halogens is 1. The third-order valence-electron chi connectivity index (χ3n) is 8.87. The molecule has 0 spiro atoms. The third-order valence-corrected chi connectivity index (χ3v) is 8.87. The number of pyridine rings is 1. The molecule has 1 aliphatic rings. The van der Waals surface area contributed by atoms with E-state index in [4.69, 9.17) is 9.15 Å². The molecule has 0 bridgehead atoms. The highest BCUT2D eigenvalue weighted by molar-refractivity contribution is 6.15. The fraction of sp³-hybridized carbons (Fsp3) is 0.343. The molecule has 0 saturated carbocycles. The molecule has 4 aromatic carbocycles. The van der Waals surface area contributed by atoms with E-state index in [0.717, 1.165) is 43.2 Å². The van der Waals surface area contributed by atoms with E-state index in [-0.39, 0.29) is 27.6 Å². The highest BCUT2D eigenvalue weighted by Crippen LogP contribution is 2.36. The van der Waals surface area contributed by atoms with Gasteiger partial charge in [0, 0.05) is 49.7 Å². The van der Waals surface area contributed by atoms with Crippen molar-refractivity contribution in [3.8, 4) is 0 Å². The Morgan fingerprint density at radius 1 is 0.935 bits per heavy atom. The Bertz CT molecular complexity index is 2220. The van der Waals surface area contributed by atoms with E-state index >= 15 is 4.39 Å². The van der Waals surface area contributed by atoms with E-state index in [1.165, 1.54) is 12.3 Å². The summed E-state index contributed by atoms with van der Waals surface area (Å²) in [6.07, 6.45) is 3.15. The zero-order valence-corrected chi connectivity index (χ0v) is 26.0. The molecule has 7 rings (SSSR count). The summed E-state index contributed by atoms with van der Waals surface area (Å²) < 4.78 is 29.5. The first-order valence-corrected chi connectivity index (χ1v) is 15.7. The monoisotopic (exact) mass is 625 g/mol. The first-order chi connectivity index (χ1) is 22.3. The number of carbonyl (C=O) groups is 1. The number of hydrogen-bond acceptors (Lipinski definition) is 8. The molecular weight excluding hydrogens is 589 g/mol. The Hall–Kier alpha value is -4.58. The van der Waals surface area contributed by atoms with Crippen LogP contribution in [-0.2, 0) is 4.74 Å². The van der Waals surface area contributed by atoms with Crippen molar-refractivity contribution < 1.29 is 18.3 Å². The van der Waals surface area contributed by atoms with Gasteiger partial charge < -0.3 is 29.1 Å². The van der Waals surface area contributed by atoms with Gasteiger partial charge in [0.05, 0.1) is 24.1 Å². The predicted molar refractivity (Wildman–Crippen MR) is 179 cm³/mol. The summed E-state index contributed by atoms with van der Waals surface area (Å²) in [5.41, 5.74) is 0.695. The Balaban J connectivity index is 1.39. The molecule has 11 heteroatoms. The molecule has 2 aromatic heterocycles. The molecule has 6 aromatic rings. The van der Waals surface area contributed by atoms with Gasteiger partial charge in [-0.05, 0) is 62.5 Å². The summed E-state index contributed by atoms with van der Waals surface area (Å²) >= 11 is 0. The number of ether oxygens (including phenoxy) is 1. The van der Waals surface area contributed by atoms with Crippen LogP contribution in [0, 0.1) is 5.82 Å². The zero-order valence-electron chi connectivity index (χ0n) is 26.0. The van der Waals surface area contributed by atoms with Crippen LogP contribution in [0.4, 0.5) is 10.1 Å². The van der Waals surface area contributed by atoms with Crippen molar-refractivity contribution >= 4 is 60.7 Å². The largest absolute Gasteiger partial charge is 0.451 e. The predicted octanol–water partition coefficient (Wildman–Crippen LogP) is 4.26. The molecule has 0 unspecified atom stereocenters. The number of hydrogen-bond donors (Lipinski definition) is 2. The third kappa shape index (κ3) is 5.34. The van der Waals surface area contributed by atoms with Gasteiger partial charge in [0.2, 0.25) is 5.43 Å². The molecule has 1 amide bonds. The van der Waals surface area contributed by atoms with Crippen LogP contribution in [0.5, 0.6) is 0 Å². The van der Waals surface area contributed by atoms with Crippen LogP contribution in [0.3, 0.4) is 0 Å². The quantitative estimate of drug-likeness (QED) is 0.132. The highest BCUT2D eigenvalue weighted by atomic mass is 19.1. The van der Waals surface area contributed by atoms with Crippen LogP contribution >= 0.6 is 0 Å². The normalized spacial score (nSPS) is 14.4. The van der Waals surface area contributed by atoms with Crippen LogP contribution in [-0.4, -0.2) is 86.7 Å². The summed E-state index contributed by atoms with van der Waals surface area (Å²) in [7, 11) is 3.98. The van der Waals surface area contributed by atoms with Crippen molar-refractivity contribution in [2.75, 3.05) is 71.9 Å². The fourth-order valence-corrected chi connectivity index (χ4v) is 6.48. The maximum absolute atomic E-state index is 15.9. The van der Waals surface area contributed by atoms with Crippen molar-refractivity contribution in [1.82, 2.24) is 19.5 Å². The molecule has 1 aliphatic heterocycles. The topological polar surface area (TPSA) is 109 Å². The smallest absolute Gasteiger partial charge is 0.256 e. The number of anilines is 1. The molecule has 238 valence electrons. The lowest BCUT2D eigenvalue weighted by Gasteiger charge is -2.26. The summed E-state index contributed by atoms with van der Waals surface area (Å²) in [6.45, 7) is 5.28. The molecule has 0 radical (unpaired) electrons.